The summed E-state index contributed by atoms with van der Waals surface area (Å²) >= 11 is 1.54. The highest BCUT2D eigenvalue weighted by Gasteiger charge is 2.38. The summed E-state index contributed by atoms with van der Waals surface area (Å²) in [6, 6.07) is 5.64. The Labute approximate surface area is 172 Å². The molecule has 2 aliphatic heterocycles. The fourth-order valence-corrected chi connectivity index (χ4v) is 5.81. The van der Waals surface area contributed by atoms with Crippen molar-refractivity contribution < 1.29 is 9.59 Å². The van der Waals surface area contributed by atoms with Crippen LogP contribution in [0, 0.1) is 0 Å². The van der Waals surface area contributed by atoms with Crippen LogP contribution in [0.4, 0.5) is 5.69 Å². The van der Waals surface area contributed by atoms with E-state index in [9.17, 15) is 9.59 Å². The van der Waals surface area contributed by atoms with Gasteiger partial charge in [0.05, 0.1) is 10.9 Å². The first-order valence-electron chi connectivity index (χ1n) is 10.7. The number of benzene rings is 1. The minimum atomic E-state index is -0.0946. The first-order valence-corrected chi connectivity index (χ1v) is 11.6. The predicted molar refractivity (Wildman–Crippen MR) is 114 cm³/mol. The van der Waals surface area contributed by atoms with Gasteiger partial charge in [0, 0.05) is 22.5 Å². The Hall–Kier alpha value is -1.53. The number of fused-ring (bicyclic) bond motifs is 1. The smallest absolute Gasteiger partial charge is 0.251 e. The summed E-state index contributed by atoms with van der Waals surface area (Å²) in [6.45, 7) is 4.95. The Balaban J connectivity index is 1.45. The van der Waals surface area contributed by atoms with Gasteiger partial charge in [-0.15, -0.1) is 11.8 Å². The topological polar surface area (TPSA) is 61.4 Å². The van der Waals surface area contributed by atoms with Crippen molar-refractivity contribution in [1.29, 1.82) is 0 Å². The normalized spacial score (nSPS) is 24.9. The second-order valence-corrected chi connectivity index (χ2v) is 9.86. The minimum Gasteiger partial charge on any atom is -0.350 e. The van der Waals surface area contributed by atoms with Crippen molar-refractivity contribution in [2.45, 2.75) is 74.0 Å². The molecular weight excluding hydrogens is 370 g/mol. The van der Waals surface area contributed by atoms with Gasteiger partial charge < -0.3 is 10.6 Å². The zero-order chi connectivity index (χ0) is 19.6. The number of likely N-dealkylation sites (tertiary alicyclic amines) is 1. The number of hydrogen-bond acceptors (Lipinski definition) is 4. The Bertz CT molecular complexity index is 739. The van der Waals surface area contributed by atoms with Gasteiger partial charge in [0.2, 0.25) is 5.91 Å². The summed E-state index contributed by atoms with van der Waals surface area (Å²) < 4.78 is 0. The van der Waals surface area contributed by atoms with Crippen LogP contribution in [0.2, 0.25) is 0 Å². The number of nitrogens with one attached hydrogen (secondary N) is 2. The summed E-state index contributed by atoms with van der Waals surface area (Å²) in [7, 11) is 0. The molecule has 152 valence electrons. The van der Waals surface area contributed by atoms with Gasteiger partial charge in [-0.05, 0) is 63.9 Å². The monoisotopic (exact) mass is 401 g/mol. The number of hydrogen-bond donors (Lipinski definition) is 2. The standard InChI is InChI=1S/C22H31N3O2S/c1-16-20(26)24-18-14-17(8-9-19(18)28-16)21(27)23-15-22(10-4-2-5-11-22)25-12-6-3-7-13-25/h8-9,14,16H,2-7,10-13,15H2,1H3,(H,23,27)(H,24,26)/t16-/m0/s1. The molecule has 5 nitrogen and oxygen atoms in total. The fourth-order valence-electron chi connectivity index (χ4n) is 4.88. The summed E-state index contributed by atoms with van der Waals surface area (Å²) in [5.74, 6) is -0.0380. The van der Waals surface area contributed by atoms with E-state index in [2.05, 4.69) is 15.5 Å². The van der Waals surface area contributed by atoms with Gasteiger partial charge in [0.25, 0.3) is 5.91 Å². The maximum Gasteiger partial charge on any atom is 0.251 e. The van der Waals surface area contributed by atoms with Gasteiger partial charge in [0.1, 0.15) is 0 Å². The molecule has 28 heavy (non-hydrogen) atoms. The van der Waals surface area contributed by atoms with Crippen LogP contribution in [0.3, 0.4) is 0 Å². The number of anilines is 1. The predicted octanol–water partition coefficient (Wildman–Crippen LogP) is 4.04. The molecule has 0 unspecified atom stereocenters. The molecule has 0 spiro atoms. The van der Waals surface area contributed by atoms with Crippen molar-refractivity contribution in [1.82, 2.24) is 10.2 Å². The summed E-state index contributed by atoms with van der Waals surface area (Å²) in [4.78, 5) is 28.5. The van der Waals surface area contributed by atoms with Crippen LogP contribution in [-0.2, 0) is 4.79 Å². The highest BCUT2D eigenvalue weighted by atomic mass is 32.2. The highest BCUT2D eigenvalue weighted by Crippen LogP contribution is 2.37. The van der Waals surface area contributed by atoms with Crippen molar-refractivity contribution in [2.75, 3.05) is 25.0 Å². The highest BCUT2D eigenvalue weighted by molar-refractivity contribution is 8.00. The third-order valence-electron chi connectivity index (χ3n) is 6.56. The van der Waals surface area contributed by atoms with Crippen molar-refractivity contribution in [3.63, 3.8) is 0 Å². The van der Waals surface area contributed by atoms with E-state index in [1.807, 2.05) is 25.1 Å². The molecule has 1 saturated carbocycles. The molecule has 0 bridgehead atoms. The van der Waals surface area contributed by atoms with E-state index in [0.717, 1.165) is 30.2 Å². The summed E-state index contributed by atoms with van der Waals surface area (Å²) in [5.41, 5.74) is 1.50. The van der Waals surface area contributed by atoms with Crippen LogP contribution < -0.4 is 10.6 Å². The molecular formula is C22H31N3O2S. The van der Waals surface area contributed by atoms with Crippen molar-refractivity contribution in [2.24, 2.45) is 0 Å². The maximum atomic E-state index is 12.9. The number of thioether (sulfide) groups is 1. The minimum absolute atomic E-state index is 0.00122. The van der Waals surface area contributed by atoms with Crippen LogP contribution >= 0.6 is 11.8 Å². The van der Waals surface area contributed by atoms with E-state index in [4.69, 9.17) is 0 Å². The maximum absolute atomic E-state index is 12.9. The average molecular weight is 402 g/mol. The first kappa shape index (κ1) is 19.8. The molecule has 2 amide bonds. The molecule has 1 atom stereocenters. The van der Waals surface area contributed by atoms with Gasteiger partial charge in [-0.1, -0.05) is 25.7 Å². The average Bonchev–Trinajstić information content (AvgIpc) is 2.74. The van der Waals surface area contributed by atoms with Gasteiger partial charge in [-0.2, -0.15) is 0 Å². The Morgan fingerprint density at radius 2 is 1.89 bits per heavy atom. The number of piperidine rings is 1. The molecule has 0 radical (unpaired) electrons. The van der Waals surface area contributed by atoms with Gasteiger partial charge >= 0.3 is 0 Å². The largest absolute Gasteiger partial charge is 0.350 e. The lowest BCUT2D eigenvalue weighted by atomic mass is 9.79. The molecule has 6 heteroatoms. The summed E-state index contributed by atoms with van der Waals surface area (Å²) in [6.07, 6.45) is 10.1. The Morgan fingerprint density at radius 1 is 1.18 bits per heavy atom. The fraction of sp³-hybridized carbons (Fsp3) is 0.636. The molecule has 1 saturated heterocycles. The van der Waals surface area contributed by atoms with Crippen LogP contribution in [0.25, 0.3) is 0 Å². The molecule has 2 heterocycles. The van der Waals surface area contributed by atoms with E-state index in [1.165, 1.54) is 51.4 Å². The van der Waals surface area contributed by atoms with Gasteiger partial charge in [-0.3, -0.25) is 14.5 Å². The van der Waals surface area contributed by atoms with Crippen molar-refractivity contribution in [3.8, 4) is 0 Å². The summed E-state index contributed by atoms with van der Waals surface area (Å²) in [5, 5.41) is 6.06. The quantitative estimate of drug-likeness (QED) is 0.799. The number of amides is 2. The van der Waals surface area contributed by atoms with Crippen LogP contribution in [0.1, 0.15) is 68.6 Å². The molecule has 1 aromatic carbocycles. The Morgan fingerprint density at radius 3 is 2.64 bits per heavy atom. The second kappa shape index (κ2) is 8.46. The van der Waals surface area contributed by atoms with E-state index in [-0.39, 0.29) is 22.6 Å². The molecule has 2 N–H and O–H groups in total. The van der Waals surface area contributed by atoms with E-state index in [1.54, 1.807) is 11.8 Å². The molecule has 4 rings (SSSR count). The van der Waals surface area contributed by atoms with Crippen LogP contribution in [0.15, 0.2) is 23.1 Å². The van der Waals surface area contributed by atoms with E-state index in [0.29, 0.717) is 5.56 Å². The van der Waals surface area contributed by atoms with Crippen LogP contribution in [0.5, 0.6) is 0 Å². The number of carbonyl (C=O) groups is 2. The second-order valence-electron chi connectivity index (χ2n) is 8.48. The molecule has 2 fully saturated rings. The van der Waals surface area contributed by atoms with Crippen molar-refractivity contribution in [3.05, 3.63) is 23.8 Å². The molecule has 0 aromatic heterocycles. The zero-order valence-electron chi connectivity index (χ0n) is 16.8. The molecule has 1 aromatic rings. The number of carbonyl (C=O) groups excluding carboxylic acids is 2. The SMILES string of the molecule is C[C@@H]1Sc2ccc(C(=O)NCC3(N4CCCCC4)CCCCC3)cc2NC1=O. The number of nitrogens with zero attached hydrogens (tertiary/aromatic N) is 1. The number of rotatable bonds is 4. The lowest BCUT2D eigenvalue weighted by Crippen LogP contribution is -2.58. The Kier molecular flexibility index (Phi) is 5.97. The lowest BCUT2D eigenvalue weighted by Gasteiger charge is -2.48. The third-order valence-corrected chi connectivity index (χ3v) is 7.74. The third kappa shape index (κ3) is 4.08. The first-order chi connectivity index (χ1) is 13.6. The lowest BCUT2D eigenvalue weighted by molar-refractivity contribution is -0.115. The van der Waals surface area contributed by atoms with E-state index >= 15 is 0 Å². The van der Waals surface area contributed by atoms with Crippen molar-refractivity contribution >= 4 is 29.3 Å². The van der Waals surface area contributed by atoms with Gasteiger partial charge in [-0.25, -0.2) is 0 Å². The van der Waals surface area contributed by atoms with Crippen LogP contribution in [-0.4, -0.2) is 47.1 Å². The zero-order valence-corrected chi connectivity index (χ0v) is 17.6. The van der Waals surface area contributed by atoms with E-state index < -0.39 is 0 Å². The molecule has 3 aliphatic rings. The van der Waals surface area contributed by atoms with Gasteiger partial charge in [0.15, 0.2) is 0 Å². The molecule has 1 aliphatic carbocycles.